The number of ether oxygens (including phenoxy) is 1. The zero-order chi connectivity index (χ0) is 12.9. The molecule has 2 aliphatic heterocycles. The molecule has 0 aliphatic carbocycles. The topological polar surface area (TPSA) is 21.3 Å². The summed E-state index contributed by atoms with van der Waals surface area (Å²) in [6.45, 7) is 7.85. The van der Waals surface area contributed by atoms with Gasteiger partial charge in [0.05, 0.1) is 0 Å². The van der Waals surface area contributed by atoms with E-state index in [0.29, 0.717) is 11.5 Å². The predicted molar refractivity (Wildman–Crippen MR) is 69.8 cm³/mol. The molecule has 2 heterocycles. The smallest absolute Gasteiger partial charge is 0.132 e. The van der Waals surface area contributed by atoms with Crippen molar-refractivity contribution in [1.29, 1.82) is 0 Å². The molecule has 3 rings (SSSR count). The molecule has 1 aromatic carbocycles. The van der Waals surface area contributed by atoms with Crippen LogP contribution in [-0.2, 0) is 0 Å². The van der Waals surface area contributed by atoms with Crippen LogP contribution in [0.5, 0.6) is 5.75 Å². The zero-order valence-electron chi connectivity index (χ0n) is 11.3. The third-order valence-electron chi connectivity index (χ3n) is 4.66. The fourth-order valence-electron chi connectivity index (χ4n) is 3.39. The van der Waals surface area contributed by atoms with Gasteiger partial charge in [-0.3, -0.25) is 0 Å². The van der Waals surface area contributed by atoms with E-state index in [1.54, 1.807) is 0 Å². The fraction of sp³-hybridized carbons (Fsp3) is 0.600. The number of nitrogens with one attached hydrogen (secondary N) is 1. The Bertz CT molecular complexity index is 492. The summed E-state index contributed by atoms with van der Waals surface area (Å²) in [5.74, 6) is 1.03. The van der Waals surface area contributed by atoms with Crippen molar-refractivity contribution < 1.29 is 9.13 Å². The lowest BCUT2D eigenvalue weighted by atomic mass is 9.79. The lowest BCUT2D eigenvalue weighted by molar-refractivity contribution is 0.0395. The highest BCUT2D eigenvalue weighted by molar-refractivity contribution is 5.51. The second-order valence-corrected chi connectivity index (χ2v) is 5.69. The molecular weight excluding hydrogens is 229 g/mol. The average Bonchev–Trinajstić information content (AvgIpc) is 2.63. The van der Waals surface area contributed by atoms with Gasteiger partial charge in [-0.15, -0.1) is 0 Å². The van der Waals surface area contributed by atoms with Gasteiger partial charge in [0.1, 0.15) is 17.2 Å². The molecule has 1 atom stereocenters. The minimum absolute atomic E-state index is 0.113. The minimum atomic E-state index is -0.119. The molecule has 2 nitrogen and oxygen atoms in total. The van der Waals surface area contributed by atoms with Gasteiger partial charge in [-0.05, 0) is 38.6 Å². The van der Waals surface area contributed by atoms with Crippen LogP contribution in [0.3, 0.4) is 0 Å². The van der Waals surface area contributed by atoms with Crippen LogP contribution in [0.4, 0.5) is 4.39 Å². The maximum Gasteiger partial charge on any atom is 0.132 e. The number of hydrogen-bond donors (Lipinski definition) is 1. The molecule has 1 aromatic rings. The molecule has 0 amide bonds. The van der Waals surface area contributed by atoms with E-state index in [4.69, 9.17) is 4.74 Å². The van der Waals surface area contributed by atoms with E-state index < -0.39 is 0 Å². The Morgan fingerprint density at radius 2 is 2.00 bits per heavy atom. The van der Waals surface area contributed by atoms with Crippen molar-refractivity contribution in [2.45, 2.75) is 45.1 Å². The first-order valence-electron chi connectivity index (χ1n) is 6.74. The first-order valence-corrected chi connectivity index (χ1v) is 6.74. The van der Waals surface area contributed by atoms with Crippen molar-refractivity contribution in [3.8, 4) is 5.75 Å². The average molecular weight is 249 g/mol. The summed E-state index contributed by atoms with van der Waals surface area (Å²) in [5.41, 5.74) is 2.48. The quantitative estimate of drug-likeness (QED) is 0.763. The summed E-state index contributed by atoms with van der Waals surface area (Å²) in [7, 11) is 0. The molecule has 3 heteroatoms. The molecule has 0 bridgehead atoms. The van der Waals surface area contributed by atoms with Crippen molar-refractivity contribution in [2.75, 3.05) is 13.1 Å². The van der Waals surface area contributed by atoms with Crippen LogP contribution in [-0.4, -0.2) is 18.7 Å². The molecule has 0 saturated carbocycles. The summed E-state index contributed by atoms with van der Waals surface area (Å²) < 4.78 is 20.2. The summed E-state index contributed by atoms with van der Waals surface area (Å²) in [5, 5.41) is 3.37. The Balaban J connectivity index is 2.08. The molecule has 0 radical (unpaired) electrons. The van der Waals surface area contributed by atoms with Gasteiger partial charge in [0.2, 0.25) is 0 Å². The summed E-state index contributed by atoms with van der Waals surface area (Å²) in [6.07, 6.45) is 2.01. The maximum atomic E-state index is 14.0. The van der Waals surface area contributed by atoms with Gasteiger partial charge in [0.25, 0.3) is 0 Å². The molecule has 1 saturated heterocycles. The summed E-state index contributed by atoms with van der Waals surface area (Å²) in [6, 6.07) is 1.97. The molecular formula is C15H20FNO. The number of fused-ring (bicyclic) bond motifs is 1. The monoisotopic (exact) mass is 249 g/mol. The van der Waals surface area contributed by atoms with Gasteiger partial charge in [-0.25, -0.2) is 4.39 Å². The molecule has 98 valence electrons. The fourth-order valence-corrected chi connectivity index (χ4v) is 3.39. The molecule has 1 unspecified atom stereocenters. The molecule has 2 aliphatic rings. The number of aryl methyl sites for hydroxylation is 1. The van der Waals surface area contributed by atoms with Crippen molar-refractivity contribution >= 4 is 0 Å². The van der Waals surface area contributed by atoms with Gasteiger partial charge in [-0.1, -0.05) is 6.92 Å². The highest BCUT2D eigenvalue weighted by atomic mass is 19.1. The Hall–Kier alpha value is -1.09. The number of hydrogen-bond acceptors (Lipinski definition) is 2. The molecule has 1 N–H and O–H groups in total. The van der Waals surface area contributed by atoms with E-state index in [1.165, 1.54) is 5.56 Å². The first kappa shape index (κ1) is 12.0. The van der Waals surface area contributed by atoms with Crippen LogP contribution < -0.4 is 10.1 Å². The van der Waals surface area contributed by atoms with Crippen molar-refractivity contribution in [1.82, 2.24) is 5.32 Å². The van der Waals surface area contributed by atoms with Gasteiger partial charge in [0, 0.05) is 29.9 Å². The van der Waals surface area contributed by atoms with Crippen molar-refractivity contribution in [3.05, 3.63) is 28.6 Å². The van der Waals surface area contributed by atoms with E-state index in [2.05, 4.69) is 12.2 Å². The number of rotatable bonds is 0. The summed E-state index contributed by atoms with van der Waals surface area (Å²) in [4.78, 5) is 0. The third kappa shape index (κ3) is 1.50. The van der Waals surface area contributed by atoms with E-state index in [1.807, 2.05) is 19.9 Å². The second kappa shape index (κ2) is 3.95. The van der Waals surface area contributed by atoms with Crippen LogP contribution in [0.1, 0.15) is 42.4 Å². The van der Waals surface area contributed by atoms with Gasteiger partial charge < -0.3 is 10.1 Å². The van der Waals surface area contributed by atoms with Gasteiger partial charge in [-0.2, -0.15) is 0 Å². The van der Waals surface area contributed by atoms with Gasteiger partial charge >= 0.3 is 0 Å². The van der Waals surface area contributed by atoms with Gasteiger partial charge in [0.15, 0.2) is 0 Å². The molecule has 1 spiro atoms. The Morgan fingerprint density at radius 3 is 2.67 bits per heavy atom. The Labute approximate surface area is 108 Å². The largest absolute Gasteiger partial charge is 0.486 e. The van der Waals surface area contributed by atoms with E-state index in [-0.39, 0.29) is 11.4 Å². The predicted octanol–water partition coefficient (Wildman–Crippen LogP) is 3.06. The highest BCUT2D eigenvalue weighted by Crippen LogP contribution is 2.50. The maximum absolute atomic E-state index is 14.0. The number of halogens is 1. The normalized spacial score (nSPS) is 25.0. The standard InChI is InChI=1S/C15H20FNO/c1-9-8-12-11(3)15(4-6-17-7-5-15)18-14(12)10(2)13(9)16/h8,11,17H,4-7H2,1-3H3. The number of benzene rings is 1. The van der Waals surface area contributed by atoms with E-state index in [0.717, 1.165) is 37.2 Å². The van der Waals surface area contributed by atoms with E-state index in [9.17, 15) is 4.39 Å². The Kier molecular flexibility index (Phi) is 2.63. The lowest BCUT2D eigenvalue weighted by Gasteiger charge is -2.37. The zero-order valence-corrected chi connectivity index (χ0v) is 11.3. The SMILES string of the molecule is Cc1cc2c(c(C)c1F)OC1(CCNCC1)C2C. The lowest BCUT2D eigenvalue weighted by Crippen LogP contribution is -2.46. The summed E-state index contributed by atoms with van der Waals surface area (Å²) >= 11 is 0. The second-order valence-electron chi connectivity index (χ2n) is 5.69. The highest BCUT2D eigenvalue weighted by Gasteiger charge is 2.47. The van der Waals surface area contributed by atoms with E-state index >= 15 is 0 Å². The van der Waals surface area contributed by atoms with Crippen LogP contribution in [0.15, 0.2) is 6.07 Å². The van der Waals surface area contributed by atoms with Crippen molar-refractivity contribution in [3.63, 3.8) is 0 Å². The molecule has 0 aromatic heterocycles. The van der Waals surface area contributed by atoms with Crippen LogP contribution in [0.25, 0.3) is 0 Å². The third-order valence-corrected chi connectivity index (χ3v) is 4.66. The van der Waals surface area contributed by atoms with Crippen LogP contribution in [0.2, 0.25) is 0 Å². The van der Waals surface area contributed by atoms with Crippen LogP contribution in [0, 0.1) is 19.7 Å². The molecule has 18 heavy (non-hydrogen) atoms. The van der Waals surface area contributed by atoms with Crippen LogP contribution >= 0.6 is 0 Å². The molecule has 1 fully saturated rings. The minimum Gasteiger partial charge on any atom is -0.486 e. The number of piperidine rings is 1. The Morgan fingerprint density at radius 1 is 1.33 bits per heavy atom. The van der Waals surface area contributed by atoms with Crippen molar-refractivity contribution in [2.24, 2.45) is 0 Å². The first-order chi connectivity index (χ1) is 8.55.